The largest absolute Gasteiger partial charge is 0.481 e. The van der Waals surface area contributed by atoms with Crippen LogP contribution in [0, 0.1) is 116 Å². The maximum atomic E-state index is 13.5. The fourth-order valence-electron chi connectivity index (χ4n) is 20.2. The summed E-state index contributed by atoms with van der Waals surface area (Å²) in [6.45, 7) is 23.0. The minimum Gasteiger partial charge on any atom is -0.481 e. The van der Waals surface area contributed by atoms with Gasteiger partial charge in [0, 0.05) is 109 Å². The van der Waals surface area contributed by atoms with Crippen molar-refractivity contribution in [3.63, 3.8) is 0 Å². The molecule has 142 heavy (non-hydrogen) atoms. The maximum Gasteiger partial charge on any atom is 0.335 e. The molecule has 9 aromatic carbocycles. The third kappa shape index (κ3) is 31.3. The van der Waals surface area contributed by atoms with Crippen LogP contribution < -0.4 is 0 Å². The van der Waals surface area contributed by atoms with Crippen molar-refractivity contribution in [2.75, 3.05) is 13.1 Å². The van der Waals surface area contributed by atoms with Gasteiger partial charge < -0.3 is 33.6 Å². The number of carbonyl (C=O) groups is 2. The van der Waals surface area contributed by atoms with Gasteiger partial charge in [0.1, 0.15) is 23.3 Å². The van der Waals surface area contributed by atoms with Crippen molar-refractivity contribution < 1.29 is 59.0 Å². The van der Waals surface area contributed by atoms with Crippen molar-refractivity contribution in [1.82, 2.24) is 48.0 Å². The number of hydrogen-bond acceptors (Lipinski definition) is 15. The van der Waals surface area contributed by atoms with Crippen molar-refractivity contribution in [2.45, 2.75) is 286 Å². The maximum absolute atomic E-state index is 13.5. The third-order valence-corrected chi connectivity index (χ3v) is 28.7. The van der Waals surface area contributed by atoms with Gasteiger partial charge in [0.25, 0.3) is 0 Å². The number of para-hydroxylation sites is 8. The summed E-state index contributed by atoms with van der Waals surface area (Å²) in [5, 5.41) is 91.8. The van der Waals surface area contributed by atoms with Crippen LogP contribution in [0.25, 0.3) is 44.1 Å². The molecule has 0 spiro atoms. The molecule has 0 aliphatic carbocycles. The van der Waals surface area contributed by atoms with E-state index < -0.39 is 29.9 Å². The molecule has 4 aromatic heterocycles. The summed E-state index contributed by atoms with van der Waals surface area (Å²) in [5.41, 5.74) is 17.9. The van der Waals surface area contributed by atoms with Gasteiger partial charge in [-0.1, -0.05) is 263 Å². The zero-order valence-corrected chi connectivity index (χ0v) is 86.8. The third-order valence-electron chi connectivity index (χ3n) is 28.7. The smallest absolute Gasteiger partial charge is 0.335 e. The predicted molar refractivity (Wildman–Crippen MR) is 557 cm³/mol. The molecule has 4 heterocycles. The summed E-state index contributed by atoms with van der Waals surface area (Å²) in [4.78, 5) is 50.5. The van der Waals surface area contributed by atoms with E-state index in [1.165, 1.54) is 41.5 Å². The van der Waals surface area contributed by atoms with E-state index in [0.29, 0.717) is 95.4 Å². The number of nitriles is 6. The van der Waals surface area contributed by atoms with E-state index >= 15 is 0 Å². The molecule has 742 valence electrons. The summed E-state index contributed by atoms with van der Waals surface area (Å²) < 4.78 is 9.21. The normalized spacial score (nSPS) is 13.9. The van der Waals surface area contributed by atoms with Crippen LogP contribution >= 0.6 is 0 Å². The van der Waals surface area contributed by atoms with E-state index in [4.69, 9.17) is 25.0 Å². The number of fused-ring (bicyclic) bond motifs is 4. The molecule has 0 bridgehead atoms. The minimum absolute atomic E-state index is 0. The van der Waals surface area contributed by atoms with Crippen molar-refractivity contribution in [3.8, 4) is 36.4 Å². The van der Waals surface area contributed by atoms with Crippen molar-refractivity contribution in [3.05, 3.63) is 297 Å². The van der Waals surface area contributed by atoms with Gasteiger partial charge in [-0.3, -0.25) is 14.6 Å². The monoisotopic (exact) mass is 1990 g/mol. The van der Waals surface area contributed by atoms with Gasteiger partial charge in [-0.15, -0.1) is 0 Å². The van der Waals surface area contributed by atoms with Gasteiger partial charge in [-0.05, 0) is 233 Å². The molecule has 13 rings (SSSR count). The Kier molecular flexibility index (Phi) is 44.9. The molecule has 0 saturated carbocycles. The standard InChI is InChI=1S/C94H106N14O3.C25H36N2O2.2Mn/c1-8-12-21-73(53-97)49-75(10-3)77-44-38-71(39-45-77)57-107-88-28-19-15-24-84(88)101-92(107)63-103(61-90-99-82-22-13-17-26-86(82)105(90)55-69-34-31-65(5)32-35-69)59-79(109)60-104(62-91-100-83-23-14-18-27-87(83)106(91)56-70-36-42-76(43-37-70)67(7)33-30-66(6)51-95)64-93-102-85-25-16-20-29-89(85)108(93)58-72-40-46-78(47-41-72)80(11-4)81(94(110)111)50-74(54-98)48-68(9-2)52-96;1-3-5-6-7-10-20(18-26)17-21(19-27)11-8-9-12-22(4-2)23-13-15-24(16-14-23)25(28)29;;/h13-20,22-29,31-32,34-47,66-68,73-75,79-81,109H,8-12,21,30,33,48-50,55-64H2,1-7H3,(H,110,111);13-16,20-22H,3-12,17H2,1-2H3,(H,28,29);;. The summed E-state index contributed by atoms with van der Waals surface area (Å²) in [6.07, 6.45) is 18.6. The Bertz CT molecular complexity index is 6400. The number of nitrogens with zero attached hydrogens (tertiary/aromatic N) is 16. The number of aliphatic carboxylic acids is 1. The number of aromatic carboxylic acids is 1. The van der Waals surface area contributed by atoms with Gasteiger partial charge in [0.2, 0.25) is 0 Å². The molecule has 12 unspecified atom stereocenters. The number of hydrogen-bond donors (Lipinski definition) is 3. The number of carboxylic acids is 2. The zero-order chi connectivity index (χ0) is 99.4. The Hall–Kier alpha value is -12.3. The predicted octanol–water partition coefficient (Wildman–Crippen LogP) is 26.6. The number of aromatic nitrogens is 8. The Labute approximate surface area is 862 Å². The molecule has 0 aliphatic rings. The quantitative estimate of drug-likeness (QED) is 0.0236. The van der Waals surface area contributed by atoms with E-state index in [-0.39, 0.29) is 95.1 Å². The molecule has 12 atom stereocenters. The van der Waals surface area contributed by atoms with Crippen LogP contribution in [0.1, 0.15) is 304 Å². The molecule has 23 heteroatoms. The molecule has 3 N–H and O–H groups in total. The van der Waals surface area contributed by atoms with Gasteiger partial charge in [0.05, 0.1) is 124 Å². The topological polar surface area (TPSA) is 315 Å². The van der Waals surface area contributed by atoms with E-state index in [1.54, 1.807) is 12.1 Å². The van der Waals surface area contributed by atoms with Crippen LogP contribution in [0.3, 0.4) is 0 Å². The molecular formula is C119H142Mn2N16O5. The molecule has 0 aliphatic heterocycles. The zero-order valence-electron chi connectivity index (χ0n) is 84.4. The van der Waals surface area contributed by atoms with Crippen LogP contribution in [-0.4, -0.2) is 94.5 Å². The summed E-state index contributed by atoms with van der Waals surface area (Å²) in [5.74, 6) is 0.453. The molecule has 0 saturated heterocycles. The van der Waals surface area contributed by atoms with Gasteiger partial charge >= 0.3 is 11.9 Å². The minimum atomic E-state index is -0.947. The fraction of sp³-hybridized carbons (Fsp3) is 0.445. The first-order chi connectivity index (χ1) is 68.1. The van der Waals surface area contributed by atoms with E-state index in [2.05, 4.69) is 252 Å². The van der Waals surface area contributed by atoms with Crippen LogP contribution in [-0.2, 0) is 91.3 Å². The van der Waals surface area contributed by atoms with Crippen LogP contribution in [0.2, 0.25) is 0 Å². The Balaban J connectivity index is 0.000000575. The number of imidazole rings is 4. The molecule has 0 amide bonds. The number of rotatable bonds is 55. The van der Waals surface area contributed by atoms with E-state index in [9.17, 15) is 51.4 Å². The number of aryl methyl sites for hydroxylation is 1. The number of benzene rings is 9. The second-order valence-electron chi connectivity index (χ2n) is 39.0. The van der Waals surface area contributed by atoms with Crippen LogP contribution in [0.15, 0.2) is 218 Å². The first-order valence-electron chi connectivity index (χ1n) is 51.3. The van der Waals surface area contributed by atoms with Gasteiger partial charge in [0.15, 0.2) is 0 Å². The van der Waals surface area contributed by atoms with E-state index in [0.717, 1.165) is 185 Å². The number of aliphatic hydroxyl groups excluding tert-OH is 1. The average Bonchev–Trinajstić information content (AvgIpc) is 1.64. The number of carboxylic acid groups (broad SMARTS) is 2. The molecule has 13 aromatic rings. The van der Waals surface area contributed by atoms with E-state index in [1.807, 2.05) is 81.4 Å². The molecular weight excluding hydrogens is 1840 g/mol. The molecule has 0 fully saturated rings. The summed E-state index contributed by atoms with van der Waals surface area (Å²) in [6, 6.07) is 89.5. The van der Waals surface area contributed by atoms with Crippen LogP contribution in [0.5, 0.6) is 0 Å². The summed E-state index contributed by atoms with van der Waals surface area (Å²) >= 11 is 0. The first-order valence-corrected chi connectivity index (χ1v) is 51.3. The number of aliphatic hydroxyl groups is 1. The second-order valence-corrected chi connectivity index (χ2v) is 39.0. The fourth-order valence-corrected chi connectivity index (χ4v) is 20.2. The Morgan fingerprint density at radius 2 is 0.718 bits per heavy atom. The van der Waals surface area contributed by atoms with Crippen molar-refractivity contribution >= 4 is 56.1 Å². The van der Waals surface area contributed by atoms with Crippen LogP contribution in [0.4, 0.5) is 0 Å². The molecule has 2 radical (unpaired) electrons. The van der Waals surface area contributed by atoms with Crippen molar-refractivity contribution in [2.24, 2.45) is 41.4 Å². The summed E-state index contributed by atoms with van der Waals surface area (Å²) in [7, 11) is 0. The molecule has 21 nitrogen and oxygen atoms in total. The van der Waals surface area contributed by atoms with Crippen molar-refractivity contribution in [1.29, 1.82) is 31.6 Å². The van der Waals surface area contributed by atoms with Gasteiger partial charge in [-0.2, -0.15) is 31.6 Å². The first kappa shape index (κ1) is 112. The number of unbranched alkanes of at least 4 members (excludes halogenated alkanes) is 5. The second kappa shape index (κ2) is 57.1. The van der Waals surface area contributed by atoms with Gasteiger partial charge in [-0.25, -0.2) is 24.7 Å². The Morgan fingerprint density at radius 3 is 1.10 bits per heavy atom. The SMILES string of the molecule is CCCCC(C#N)CC(CC)c1ccc(Cn2c(CN(Cc3nc4ccccc4n3Cc3ccc(C)cc3)CC(O)CN(Cc3nc4ccccc4n3Cc3ccc(C(C)CCC(C)C#N)cc3)Cc3nc4ccccc4n3Cc3ccc(C(CC)C(CC(C#N)CC(C#N)CC)C(=O)O)cc3)nc3ccccc32)cc1.CCCCCCC(C#N)CC(C#N)CCCCC(CC)c1ccc(C(=O)O)cc1.[Mn].[Mn]. The average molecular weight is 1990 g/mol. The Morgan fingerprint density at radius 1 is 0.359 bits per heavy atom.